The average Bonchev–Trinajstić information content (AvgIpc) is 3.23. The molecular formula is C45H36N8O3. The minimum Gasteiger partial charge on any atom is -0.399 e. The van der Waals surface area contributed by atoms with Crippen LogP contribution in [0.5, 0.6) is 0 Å². The van der Waals surface area contributed by atoms with Crippen molar-refractivity contribution in [3.63, 3.8) is 0 Å². The number of fused-ring (bicyclic) bond motifs is 2. The molecule has 4 aromatic carbocycles. The van der Waals surface area contributed by atoms with Crippen molar-refractivity contribution >= 4 is 50.9 Å². The van der Waals surface area contributed by atoms with E-state index in [9.17, 15) is 14.4 Å². The lowest BCUT2D eigenvalue weighted by atomic mass is 9.95. The van der Waals surface area contributed by atoms with E-state index in [4.69, 9.17) is 5.73 Å². The van der Waals surface area contributed by atoms with Gasteiger partial charge in [-0.1, -0.05) is 45.0 Å². The first-order valence-electron chi connectivity index (χ1n) is 17.7. The molecule has 0 fully saturated rings. The van der Waals surface area contributed by atoms with Crippen molar-refractivity contribution in [3.05, 3.63) is 169 Å². The molecule has 0 saturated carbocycles. The summed E-state index contributed by atoms with van der Waals surface area (Å²) < 4.78 is 0. The molecule has 11 heteroatoms. The predicted octanol–water partition coefficient (Wildman–Crippen LogP) is 8.41. The maximum absolute atomic E-state index is 13.1. The molecule has 56 heavy (non-hydrogen) atoms. The Morgan fingerprint density at radius 3 is 1.52 bits per heavy atom. The SMILES string of the molecule is CC(C)(C)C(=O)Nc1cccc(C(=O)c2ccc3ncc(-c4cccnc4)nc3c2)c1.Nc1cccc(C(=O)c2ccc3ncc(-c4cccnc4)nc3c2)c1. The van der Waals surface area contributed by atoms with Crippen molar-refractivity contribution in [2.24, 2.45) is 5.41 Å². The fraction of sp³-hybridized carbons (Fsp3) is 0.0889. The number of carbonyl (C=O) groups is 3. The summed E-state index contributed by atoms with van der Waals surface area (Å²) >= 11 is 0. The number of carbonyl (C=O) groups excluding carboxylic acids is 3. The average molecular weight is 737 g/mol. The molecule has 1 amide bonds. The second-order valence-corrected chi connectivity index (χ2v) is 14.0. The second kappa shape index (κ2) is 15.8. The van der Waals surface area contributed by atoms with Gasteiger partial charge in [0.05, 0.1) is 45.8 Å². The van der Waals surface area contributed by atoms with Gasteiger partial charge < -0.3 is 11.1 Å². The molecule has 0 aliphatic rings. The minimum atomic E-state index is -0.525. The van der Waals surface area contributed by atoms with E-state index < -0.39 is 5.41 Å². The first-order valence-corrected chi connectivity index (χ1v) is 17.7. The number of nitrogens with one attached hydrogen (secondary N) is 1. The van der Waals surface area contributed by atoms with Crippen LogP contribution in [0.4, 0.5) is 11.4 Å². The fourth-order valence-electron chi connectivity index (χ4n) is 5.68. The quantitative estimate of drug-likeness (QED) is 0.120. The van der Waals surface area contributed by atoms with Gasteiger partial charge in [-0.05, 0) is 84.9 Å². The molecule has 0 atom stereocenters. The zero-order valence-corrected chi connectivity index (χ0v) is 30.8. The number of nitrogens with two attached hydrogens (primary N) is 1. The van der Waals surface area contributed by atoms with Crippen molar-refractivity contribution in [1.82, 2.24) is 29.9 Å². The normalized spacial score (nSPS) is 11.1. The highest BCUT2D eigenvalue weighted by Gasteiger charge is 2.22. The number of hydrogen-bond donors (Lipinski definition) is 2. The molecule has 0 saturated heterocycles. The third-order valence-corrected chi connectivity index (χ3v) is 8.74. The Kier molecular flexibility index (Phi) is 10.4. The Hall–Kier alpha value is -7.53. The molecule has 274 valence electrons. The number of rotatable bonds is 7. The molecule has 8 rings (SSSR count). The molecule has 0 radical (unpaired) electrons. The summed E-state index contributed by atoms with van der Waals surface area (Å²) in [5.74, 6) is -0.355. The van der Waals surface area contributed by atoms with Crippen LogP contribution in [0.2, 0.25) is 0 Å². The van der Waals surface area contributed by atoms with Crippen molar-refractivity contribution < 1.29 is 14.4 Å². The lowest BCUT2D eigenvalue weighted by molar-refractivity contribution is -0.123. The molecule has 0 spiro atoms. The van der Waals surface area contributed by atoms with Crippen LogP contribution < -0.4 is 11.1 Å². The first kappa shape index (κ1) is 36.8. The number of amides is 1. The van der Waals surface area contributed by atoms with Gasteiger partial charge in [-0.2, -0.15) is 0 Å². The number of anilines is 2. The molecule has 0 bridgehead atoms. The van der Waals surface area contributed by atoms with E-state index in [1.54, 1.807) is 122 Å². The van der Waals surface area contributed by atoms with Crippen LogP contribution in [0, 0.1) is 5.41 Å². The molecule has 0 aliphatic carbocycles. The highest BCUT2D eigenvalue weighted by Crippen LogP contribution is 2.24. The Morgan fingerprint density at radius 2 is 1.04 bits per heavy atom. The monoisotopic (exact) mass is 736 g/mol. The number of nitrogen functional groups attached to an aromatic ring is 1. The van der Waals surface area contributed by atoms with Gasteiger partial charge in [0.15, 0.2) is 11.6 Å². The molecule has 8 aromatic rings. The van der Waals surface area contributed by atoms with Crippen molar-refractivity contribution in [1.29, 1.82) is 0 Å². The van der Waals surface area contributed by atoms with Crippen LogP contribution in [-0.2, 0) is 4.79 Å². The summed E-state index contributed by atoms with van der Waals surface area (Å²) in [4.78, 5) is 64.4. The smallest absolute Gasteiger partial charge is 0.229 e. The lowest BCUT2D eigenvalue weighted by Gasteiger charge is -2.18. The van der Waals surface area contributed by atoms with E-state index in [1.807, 2.05) is 45.0 Å². The number of aromatic nitrogens is 6. The van der Waals surface area contributed by atoms with Gasteiger partial charge in [0.2, 0.25) is 5.91 Å². The van der Waals surface area contributed by atoms with Crippen LogP contribution >= 0.6 is 0 Å². The number of benzene rings is 4. The van der Waals surface area contributed by atoms with Gasteiger partial charge in [-0.25, -0.2) is 9.97 Å². The summed E-state index contributed by atoms with van der Waals surface area (Å²) in [7, 11) is 0. The molecule has 4 heterocycles. The largest absolute Gasteiger partial charge is 0.399 e. The van der Waals surface area contributed by atoms with Crippen LogP contribution in [0.25, 0.3) is 44.6 Å². The Labute approximate surface area is 322 Å². The van der Waals surface area contributed by atoms with E-state index in [2.05, 4.69) is 35.2 Å². The number of nitrogens with zero attached hydrogens (tertiary/aromatic N) is 6. The maximum atomic E-state index is 13.1. The summed E-state index contributed by atoms with van der Waals surface area (Å²) in [5.41, 5.74) is 14.4. The van der Waals surface area contributed by atoms with Gasteiger partial charge in [-0.15, -0.1) is 0 Å². The summed E-state index contributed by atoms with van der Waals surface area (Å²) in [5, 5.41) is 2.86. The zero-order valence-electron chi connectivity index (χ0n) is 30.8. The zero-order chi connectivity index (χ0) is 39.2. The summed E-state index contributed by atoms with van der Waals surface area (Å²) in [6.07, 6.45) is 10.3. The van der Waals surface area contributed by atoms with E-state index in [0.29, 0.717) is 61.6 Å². The lowest BCUT2D eigenvalue weighted by Crippen LogP contribution is -2.27. The first-order chi connectivity index (χ1) is 27.0. The van der Waals surface area contributed by atoms with Crippen LogP contribution in [0.1, 0.15) is 52.6 Å². The number of pyridine rings is 2. The molecule has 4 aromatic heterocycles. The Bertz CT molecular complexity index is 2730. The van der Waals surface area contributed by atoms with E-state index in [1.165, 1.54) is 0 Å². The fourth-order valence-corrected chi connectivity index (χ4v) is 5.68. The topological polar surface area (TPSA) is 167 Å². The number of ketones is 2. The van der Waals surface area contributed by atoms with Gasteiger partial charge in [-0.3, -0.25) is 34.3 Å². The van der Waals surface area contributed by atoms with Crippen LogP contribution in [0.15, 0.2) is 146 Å². The molecular weight excluding hydrogens is 701 g/mol. The molecule has 3 N–H and O–H groups in total. The van der Waals surface area contributed by atoms with E-state index in [0.717, 1.165) is 16.6 Å². The minimum absolute atomic E-state index is 0.0946. The molecule has 0 unspecified atom stereocenters. The molecule has 0 aliphatic heterocycles. The Morgan fingerprint density at radius 1 is 0.536 bits per heavy atom. The van der Waals surface area contributed by atoms with Crippen molar-refractivity contribution in [3.8, 4) is 22.5 Å². The third kappa shape index (κ3) is 8.48. The maximum Gasteiger partial charge on any atom is 0.229 e. The number of hydrogen-bond acceptors (Lipinski definition) is 10. The van der Waals surface area contributed by atoms with Crippen molar-refractivity contribution in [2.45, 2.75) is 20.8 Å². The third-order valence-electron chi connectivity index (χ3n) is 8.74. The highest BCUT2D eigenvalue weighted by molar-refractivity contribution is 6.11. The standard InChI is InChI=1S/C25H22N4O2.C20H14N4O/c1-25(2,3)24(31)28-19-8-4-6-16(12-19)23(30)17-9-10-20-21(13-17)29-22(15-27-20)18-7-5-11-26-14-18;21-16-5-1-3-13(9-16)20(25)14-6-7-17-18(10-14)24-19(12-23-17)15-4-2-8-22-11-15/h4-15H,1-3H3,(H,28,31);1-12H,21H2. The van der Waals surface area contributed by atoms with Gasteiger partial charge in [0.25, 0.3) is 0 Å². The van der Waals surface area contributed by atoms with Crippen LogP contribution in [0.3, 0.4) is 0 Å². The van der Waals surface area contributed by atoms with Crippen molar-refractivity contribution in [2.75, 3.05) is 11.1 Å². The second-order valence-electron chi connectivity index (χ2n) is 14.0. The van der Waals surface area contributed by atoms with E-state index in [-0.39, 0.29) is 17.5 Å². The molecule has 11 nitrogen and oxygen atoms in total. The van der Waals surface area contributed by atoms with Gasteiger partial charge in [0, 0.05) is 75.0 Å². The van der Waals surface area contributed by atoms with Crippen LogP contribution in [-0.4, -0.2) is 47.4 Å². The van der Waals surface area contributed by atoms with Gasteiger partial charge >= 0.3 is 0 Å². The summed E-state index contributed by atoms with van der Waals surface area (Å²) in [6.45, 7) is 5.52. The Balaban J connectivity index is 0.000000175. The van der Waals surface area contributed by atoms with Gasteiger partial charge in [0.1, 0.15) is 0 Å². The highest BCUT2D eigenvalue weighted by atomic mass is 16.2. The predicted molar refractivity (Wildman–Crippen MR) is 218 cm³/mol. The van der Waals surface area contributed by atoms with E-state index >= 15 is 0 Å². The summed E-state index contributed by atoms with van der Waals surface area (Å²) in [6, 6.07) is 32.0.